The van der Waals surface area contributed by atoms with Crippen molar-refractivity contribution < 1.29 is 5.11 Å². The van der Waals surface area contributed by atoms with Crippen molar-refractivity contribution in [3.63, 3.8) is 0 Å². The number of hydrogen-bond acceptors (Lipinski definition) is 2. The van der Waals surface area contributed by atoms with Gasteiger partial charge in [0.05, 0.1) is 0 Å². The van der Waals surface area contributed by atoms with Gasteiger partial charge in [-0.1, -0.05) is 68.3 Å². The lowest BCUT2D eigenvalue weighted by Crippen LogP contribution is -2.33. The highest BCUT2D eigenvalue weighted by Crippen LogP contribution is 2.39. The van der Waals surface area contributed by atoms with E-state index in [1.165, 1.54) is 31.2 Å². The molecule has 2 N–H and O–H groups in total. The number of rotatable bonds is 6. The number of benzene rings is 2. The van der Waals surface area contributed by atoms with Gasteiger partial charge in [-0.25, -0.2) is 0 Å². The molecular formula is C21H27NO. The predicted octanol–water partition coefficient (Wildman–Crippen LogP) is 4.62. The molecule has 122 valence electrons. The van der Waals surface area contributed by atoms with Crippen molar-refractivity contribution in [1.29, 1.82) is 0 Å². The van der Waals surface area contributed by atoms with Crippen LogP contribution in [0, 0.1) is 0 Å². The van der Waals surface area contributed by atoms with E-state index in [0.29, 0.717) is 11.8 Å². The lowest BCUT2D eigenvalue weighted by atomic mass is 9.73. The van der Waals surface area contributed by atoms with Gasteiger partial charge < -0.3 is 10.4 Å². The van der Waals surface area contributed by atoms with Crippen molar-refractivity contribution in [2.45, 2.75) is 50.5 Å². The molecular weight excluding hydrogens is 282 g/mol. The summed E-state index contributed by atoms with van der Waals surface area (Å²) in [6.07, 6.45) is 6.29. The second-order valence-corrected chi connectivity index (χ2v) is 6.90. The van der Waals surface area contributed by atoms with Gasteiger partial charge in [0.15, 0.2) is 0 Å². The van der Waals surface area contributed by atoms with Crippen molar-refractivity contribution in [2.24, 2.45) is 0 Å². The molecule has 1 atom stereocenters. The minimum absolute atomic E-state index is 0.182. The molecule has 3 rings (SSSR count). The lowest BCUT2D eigenvalue weighted by molar-refractivity contribution is 0.416. The molecule has 2 heteroatoms. The standard InChI is InChI=1S/C21H27NO/c1-21(17-9-3-2-4-10-17,19-13-7-8-14-20(19)23)15-16-22-18-11-5-6-12-18/h2-4,7-10,13-14,18,22-23H,5-6,11-12,15-16H2,1H3. The smallest absolute Gasteiger partial charge is 0.119 e. The van der Waals surface area contributed by atoms with Crippen LogP contribution in [-0.4, -0.2) is 17.7 Å². The topological polar surface area (TPSA) is 32.3 Å². The fourth-order valence-electron chi connectivity index (χ4n) is 3.84. The number of phenolic OH excluding ortho intramolecular Hbond substituents is 1. The maximum atomic E-state index is 10.4. The fraction of sp³-hybridized carbons (Fsp3) is 0.429. The van der Waals surface area contributed by atoms with E-state index in [9.17, 15) is 5.11 Å². The highest BCUT2D eigenvalue weighted by Gasteiger charge is 2.31. The Kier molecular flexibility index (Phi) is 5.02. The Hall–Kier alpha value is -1.80. The predicted molar refractivity (Wildman–Crippen MR) is 95.9 cm³/mol. The summed E-state index contributed by atoms with van der Waals surface area (Å²) < 4.78 is 0. The van der Waals surface area contributed by atoms with Gasteiger partial charge in [-0.2, -0.15) is 0 Å². The molecule has 0 radical (unpaired) electrons. The molecule has 1 aliphatic rings. The van der Waals surface area contributed by atoms with Gasteiger partial charge in [0, 0.05) is 17.0 Å². The summed E-state index contributed by atoms with van der Waals surface area (Å²) in [6, 6.07) is 19.0. The quantitative estimate of drug-likeness (QED) is 0.816. The van der Waals surface area contributed by atoms with Crippen LogP contribution in [0.2, 0.25) is 0 Å². The summed E-state index contributed by atoms with van der Waals surface area (Å²) in [7, 11) is 0. The van der Waals surface area contributed by atoms with Gasteiger partial charge in [-0.3, -0.25) is 0 Å². The highest BCUT2D eigenvalue weighted by atomic mass is 16.3. The Labute approximate surface area is 139 Å². The van der Waals surface area contributed by atoms with Crippen LogP contribution in [0.4, 0.5) is 0 Å². The van der Waals surface area contributed by atoms with E-state index in [-0.39, 0.29) is 5.41 Å². The molecule has 2 aromatic carbocycles. The van der Waals surface area contributed by atoms with Crippen molar-refractivity contribution in [2.75, 3.05) is 6.54 Å². The van der Waals surface area contributed by atoms with E-state index in [1.807, 2.05) is 18.2 Å². The Morgan fingerprint density at radius 2 is 1.65 bits per heavy atom. The summed E-state index contributed by atoms with van der Waals surface area (Å²) in [6.45, 7) is 3.22. The maximum absolute atomic E-state index is 10.4. The SMILES string of the molecule is CC(CCNC1CCCC1)(c1ccccc1)c1ccccc1O. The minimum Gasteiger partial charge on any atom is -0.508 e. The average molecular weight is 309 g/mol. The zero-order valence-electron chi connectivity index (χ0n) is 14.0. The third-order valence-corrected chi connectivity index (χ3v) is 5.32. The molecule has 0 saturated heterocycles. The first-order chi connectivity index (χ1) is 11.2. The Balaban J connectivity index is 1.83. The van der Waals surface area contributed by atoms with Crippen molar-refractivity contribution in [3.05, 3.63) is 65.7 Å². The molecule has 1 fully saturated rings. The van der Waals surface area contributed by atoms with Crippen LogP contribution in [0.3, 0.4) is 0 Å². The molecule has 0 bridgehead atoms. The number of hydrogen-bond donors (Lipinski definition) is 2. The monoisotopic (exact) mass is 309 g/mol. The van der Waals surface area contributed by atoms with Crippen LogP contribution in [-0.2, 0) is 5.41 Å². The second-order valence-electron chi connectivity index (χ2n) is 6.90. The van der Waals surface area contributed by atoms with E-state index in [1.54, 1.807) is 6.07 Å². The van der Waals surface area contributed by atoms with Crippen LogP contribution >= 0.6 is 0 Å². The molecule has 0 heterocycles. The zero-order chi connectivity index (χ0) is 16.1. The number of phenols is 1. The van der Waals surface area contributed by atoms with Gasteiger partial charge in [0.1, 0.15) is 5.75 Å². The van der Waals surface area contributed by atoms with Gasteiger partial charge in [0.25, 0.3) is 0 Å². The van der Waals surface area contributed by atoms with E-state index < -0.39 is 0 Å². The summed E-state index contributed by atoms with van der Waals surface area (Å²) in [4.78, 5) is 0. The van der Waals surface area contributed by atoms with E-state index in [2.05, 4.69) is 42.6 Å². The summed E-state index contributed by atoms with van der Waals surface area (Å²) >= 11 is 0. The first kappa shape index (κ1) is 16.1. The Morgan fingerprint density at radius 3 is 2.35 bits per heavy atom. The van der Waals surface area contributed by atoms with Crippen LogP contribution in [0.1, 0.15) is 50.2 Å². The molecule has 1 unspecified atom stereocenters. The number of para-hydroxylation sites is 1. The molecule has 23 heavy (non-hydrogen) atoms. The molecule has 2 nitrogen and oxygen atoms in total. The Morgan fingerprint density at radius 1 is 1.00 bits per heavy atom. The first-order valence-electron chi connectivity index (χ1n) is 8.77. The number of aromatic hydroxyl groups is 1. The highest BCUT2D eigenvalue weighted by molar-refractivity contribution is 5.45. The normalized spacial score (nSPS) is 18.0. The molecule has 2 aromatic rings. The van der Waals surface area contributed by atoms with Gasteiger partial charge in [-0.05, 0) is 37.4 Å². The molecule has 1 aliphatic carbocycles. The third kappa shape index (κ3) is 3.59. The fourth-order valence-corrected chi connectivity index (χ4v) is 3.84. The van der Waals surface area contributed by atoms with Crippen molar-refractivity contribution >= 4 is 0 Å². The summed E-state index contributed by atoms with van der Waals surface area (Å²) in [5.41, 5.74) is 2.09. The maximum Gasteiger partial charge on any atom is 0.119 e. The molecule has 0 spiro atoms. The van der Waals surface area contributed by atoms with Gasteiger partial charge in [-0.15, -0.1) is 0 Å². The molecule has 0 aliphatic heterocycles. The molecule has 0 aromatic heterocycles. The average Bonchev–Trinajstić information content (AvgIpc) is 3.09. The molecule has 1 saturated carbocycles. The van der Waals surface area contributed by atoms with Gasteiger partial charge >= 0.3 is 0 Å². The first-order valence-corrected chi connectivity index (χ1v) is 8.77. The minimum atomic E-state index is -0.182. The summed E-state index contributed by atoms with van der Waals surface area (Å²) in [5, 5.41) is 14.1. The van der Waals surface area contributed by atoms with Crippen LogP contribution < -0.4 is 5.32 Å². The lowest BCUT2D eigenvalue weighted by Gasteiger charge is -2.32. The molecule has 0 amide bonds. The van der Waals surface area contributed by atoms with Crippen LogP contribution in [0.15, 0.2) is 54.6 Å². The van der Waals surface area contributed by atoms with Crippen LogP contribution in [0.25, 0.3) is 0 Å². The Bertz CT molecular complexity index is 619. The third-order valence-electron chi connectivity index (χ3n) is 5.32. The van der Waals surface area contributed by atoms with Crippen molar-refractivity contribution in [3.8, 4) is 5.75 Å². The van der Waals surface area contributed by atoms with Gasteiger partial charge in [0.2, 0.25) is 0 Å². The van der Waals surface area contributed by atoms with Crippen molar-refractivity contribution in [1.82, 2.24) is 5.32 Å². The van der Waals surface area contributed by atoms with E-state index >= 15 is 0 Å². The summed E-state index contributed by atoms with van der Waals surface area (Å²) in [5.74, 6) is 0.389. The van der Waals surface area contributed by atoms with Crippen LogP contribution in [0.5, 0.6) is 5.75 Å². The number of nitrogens with one attached hydrogen (secondary N) is 1. The van der Waals surface area contributed by atoms with E-state index in [0.717, 1.165) is 18.5 Å². The van der Waals surface area contributed by atoms with E-state index in [4.69, 9.17) is 0 Å². The second kappa shape index (κ2) is 7.18. The largest absolute Gasteiger partial charge is 0.508 e. The zero-order valence-corrected chi connectivity index (χ0v) is 14.0.